The van der Waals surface area contributed by atoms with Crippen LogP contribution in [0.25, 0.3) is 0 Å². The van der Waals surface area contributed by atoms with Gasteiger partial charge in [-0.25, -0.2) is 4.99 Å². The second-order valence-corrected chi connectivity index (χ2v) is 6.62. The van der Waals surface area contributed by atoms with Crippen LogP contribution >= 0.6 is 0 Å². The Kier molecular flexibility index (Phi) is 7.85. The Bertz CT molecular complexity index is 750. The molecule has 0 bridgehead atoms. The van der Waals surface area contributed by atoms with Crippen LogP contribution in [0.2, 0.25) is 0 Å². The van der Waals surface area contributed by atoms with E-state index in [9.17, 15) is 4.79 Å². The number of hydrogen-bond donors (Lipinski definition) is 3. The maximum atomic E-state index is 11.1. The first kappa shape index (κ1) is 20.5. The second-order valence-electron chi connectivity index (χ2n) is 6.62. The van der Waals surface area contributed by atoms with Crippen molar-refractivity contribution < 1.29 is 9.32 Å². The van der Waals surface area contributed by atoms with E-state index in [-0.39, 0.29) is 5.91 Å². The molecule has 2 rings (SSSR count). The minimum absolute atomic E-state index is 0.0665. The van der Waals surface area contributed by atoms with Gasteiger partial charge in [0.1, 0.15) is 6.54 Å². The van der Waals surface area contributed by atoms with E-state index in [1.165, 1.54) is 12.5 Å². The van der Waals surface area contributed by atoms with Gasteiger partial charge in [-0.15, -0.1) is 0 Å². The van der Waals surface area contributed by atoms with Crippen molar-refractivity contribution in [2.45, 2.75) is 46.6 Å². The summed E-state index contributed by atoms with van der Waals surface area (Å²) in [7, 11) is 0. The number of nitrogens with one attached hydrogen (secondary N) is 3. The summed E-state index contributed by atoms with van der Waals surface area (Å²) in [4.78, 5) is 15.6. The molecule has 146 valence electrons. The third-order valence-corrected chi connectivity index (χ3v) is 3.89. The molecule has 0 aliphatic carbocycles. The van der Waals surface area contributed by atoms with Crippen LogP contribution in [0.4, 0.5) is 5.69 Å². The smallest absolute Gasteiger partial charge is 0.221 e. The van der Waals surface area contributed by atoms with Gasteiger partial charge in [-0.2, -0.15) is 0 Å². The first-order valence-electron chi connectivity index (χ1n) is 9.32. The number of aromatic nitrogens is 1. The number of benzene rings is 1. The van der Waals surface area contributed by atoms with E-state index in [2.05, 4.69) is 39.9 Å². The lowest BCUT2D eigenvalue weighted by Crippen LogP contribution is -2.38. The van der Waals surface area contributed by atoms with E-state index in [4.69, 9.17) is 4.52 Å². The Morgan fingerprint density at radius 2 is 1.96 bits per heavy atom. The molecule has 1 aromatic heterocycles. The van der Waals surface area contributed by atoms with Crippen molar-refractivity contribution in [3.05, 3.63) is 47.3 Å². The Morgan fingerprint density at radius 1 is 1.22 bits per heavy atom. The fourth-order valence-electron chi connectivity index (χ4n) is 2.46. The maximum Gasteiger partial charge on any atom is 0.221 e. The van der Waals surface area contributed by atoms with Gasteiger partial charge < -0.3 is 20.5 Å². The molecule has 0 saturated carbocycles. The van der Waals surface area contributed by atoms with Crippen molar-refractivity contribution in [1.29, 1.82) is 0 Å². The average molecular weight is 371 g/mol. The summed E-state index contributed by atoms with van der Waals surface area (Å²) in [5, 5.41) is 13.4. The highest BCUT2D eigenvalue weighted by atomic mass is 16.5. The van der Waals surface area contributed by atoms with Crippen LogP contribution in [0.1, 0.15) is 50.6 Å². The lowest BCUT2D eigenvalue weighted by molar-refractivity contribution is -0.114. The highest BCUT2D eigenvalue weighted by Gasteiger charge is 2.07. The van der Waals surface area contributed by atoms with E-state index in [1.807, 2.05) is 37.3 Å². The number of anilines is 1. The molecule has 0 aliphatic rings. The van der Waals surface area contributed by atoms with Gasteiger partial charge in [-0.05, 0) is 37.0 Å². The molecule has 1 amide bonds. The van der Waals surface area contributed by atoms with Crippen molar-refractivity contribution in [2.75, 3.05) is 18.4 Å². The minimum Gasteiger partial charge on any atom is -0.359 e. The van der Waals surface area contributed by atoms with Gasteiger partial charge in [0.25, 0.3) is 0 Å². The second kappa shape index (κ2) is 10.4. The molecule has 0 unspecified atom stereocenters. The van der Waals surface area contributed by atoms with Crippen molar-refractivity contribution in [3.8, 4) is 0 Å². The zero-order valence-corrected chi connectivity index (χ0v) is 16.5. The number of aliphatic imine (C=N–C) groups is 1. The molecule has 1 heterocycles. The van der Waals surface area contributed by atoms with E-state index in [1.54, 1.807) is 0 Å². The van der Waals surface area contributed by atoms with Gasteiger partial charge in [0.15, 0.2) is 11.7 Å². The molecule has 0 radical (unpaired) electrons. The normalized spacial score (nSPS) is 11.5. The zero-order valence-electron chi connectivity index (χ0n) is 16.5. The summed E-state index contributed by atoms with van der Waals surface area (Å²) in [5.74, 6) is 1.78. The summed E-state index contributed by atoms with van der Waals surface area (Å²) in [5.41, 5.74) is 2.94. The molecule has 0 spiro atoms. The molecule has 7 heteroatoms. The van der Waals surface area contributed by atoms with E-state index >= 15 is 0 Å². The van der Waals surface area contributed by atoms with Crippen molar-refractivity contribution >= 4 is 17.6 Å². The van der Waals surface area contributed by atoms with E-state index in [0.717, 1.165) is 42.6 Å². The van der Waals surface area contributed by atoms with Crippen LogP contribution in [-0.4, -0.2) is 30.1 Å². The molecule has 27 heavy (non-hydrogen) atoms. The molecule has 1 aromatic carbocycles. The van der Waals surface area contributed by atoms with Crippen LogP contribution in [0.5, 0.6) is 0 Å². The Morgan fingerprint density at radius 3 is 2.56 bits per heavy atom. The molecule has 0 aliphatic heterocycles. The molecular formula is C20H29N5O2. The predicted molar refractivity (Wildman–Crippen MR) is 108 cm³/mol. The highest BCUT2D eigenvalue weighted by molar-refractivity contribution is 5.88. The SMILES string of the molecule is CCNC(=NCc1cc(C(C)C)no1)NCCc1ccc(NC(C)=O)cc1. The summed E-state index contributed by atoms with van der Waals surface area (Å²) in [6.07, 6.45) is 0.852. The topological polar surface area (TPSA) is 91.6 Å². The Labute approximate surface area is 160 Å². The summed E-state index contributed by atoms with van der Waals surface area (Å²) in [6.45, 7) is 9.67. The van der Waals surface area contributed by atoms with Crippen LogP contribution in [0.15, 0.2) is 39.8 Å². The minimum atomic E-state index is -0.0665. The molecule has 2 aromatic rings. The van der Waals surface area contributed by atoms with Gasteiger partial charge >= 0.3 is 0 Å². The summed E-state index contributed by atoms with van der Waals surface area (Å²) >= 11 is 0. The standard InChI is InChI=1S/C20H29N5O2/c1-5-21-20(23-13-18-12-19(14(2)3)25-27-18)22-11-10-16-6-8-17(9-7-16)24-15(4)26/h6-9,12,14H,5,10-11,13H2,1-4H3,(H,24,26)(H2,21,22,23). The van der Waals surface area contributed by atoms with Gasteiger partial charge in [0.05, 0.1) is 5.69 Å². The van der Waals surface area contributed by atoms with Crippen molar-refractivity contribution in [3.63, 3.8) is 0 Å². The number of rotatable bonds is 8. The molecular weight excluding hydrogens is 342 g/mol. The predicted octanol–water partition coefficient (Wildman–Crippen LogP) is 3.05. The van der Waals surface area contributed by atoms with Crippen LogP contribution in [-0.2, 0) is 17.8 Å². The van der Waals surface area contributed by atoms with Gasteiger partial charge in [0.2, 0.25) is 5.91 Å². The fourth-order valence-corrected chi connectivity index (χ4v) is 2.46. The number of carbonyl (C=O) groups excluding carboxylic acids is 1. The fraction of sp³-hybridized carbons (Fsp3) is 0.450. The van der Waals surface area contributed by atoms with Crippen LogP contribution in [0.3, 0.4) is 0 Å². The zero-order chi connectivity index (χ0) is 19.6. The first-order valence-corrected chi connectivity index (χ1v) is 9.32. The molecule has 0 saturated heterocycles. The maximum absolute atomic E-state index is 11.1. The molecule has 3 N–H and O–H groups in total. The quantitative estimate of drug-likeness (QED) is 0.490. The molecule has 7 nitrogen and oxygen atoms in total. The number of guanidine groups is 1. The first-order chi connectivity index (χ1) is 13.0. The lowest BCUT2D eigenvalue weighted by atomic mass is 10.1. The molecule has 0 atom stereocenters. The van der Waals surface area contributed by atoms with E-state index < -0.39 is 0 Å². The number of nitrogens with zero attached hydrogens (tertiary/aromatic N) is 2. The van der Waals surface area contributed by atoms with Crippen LogP contribution < -0.4 is 16.0 Å². The highest BCUT2D eigenvalue weighted by Crippen LogP contribution is 2.14. The summed E-state index contributed by atoms with van der Waals surface area (Å²) in [6, 6.07) is 9.80. The van der Waals surface area contributed by atoms with Gasteiger partial charge in [-0.3, -0.25) is 4.79 Å². The largest absolute Gasteiger partial charge is 0.359 e. The third kappa shape index (κ3) is 7.13. The third-order valence-electron chi connectivity index (χ3n) is 3.89. The van der Waals surface area contributed by atoms with E-state index in [0.29, 0.717) is 12.5 Å². The summed E-state index contributed by atoms with van der Waals surface area (Å²) < 4.78 is 5.32. The average Bonchev–Trinajstić information content (AvgIpc) is 3.10. The van der Waals surface area contributed by atoms with Crippen molar-refractivity contribution in [1.82, 2.24) is 15.8 Å². The Balaban J connectivity index is 1.85. The molecule has 0 fully saturated rings. The van der Waals surface area contributed by atoms with Gasteiger partial charge in [-0.1, -0.05) is 31.1 Å². The van der Waals surface area contributed by atoms with Gasteiger partial charge in [0, 0.05) is 31.8 Å². The lowest BCUT2D eigenvalue weighted by Gasteiger charge is -2.11. The Hall–Kier alpha value is -2.83. The number of hydrogen-bond acceptors (Lipinski definition) is 4. The monoisotopic (exact) mass is 371 g/mol. The number of amides is 1. The van der Waals surface area contributed by atoms with Crippen molar-refractivity contribution in [2.24, 2.45) is 4.99 Å². The number of carbonyl (C=O) groups is 1. The van der Waals surface area contributed by atoms with Crippen LogP contribution in [0, 0.1) is 0 Å².